The summed E-state index contributed by atoms with van der Waals surface area (Å²) >= 11 is 0. The lowest BCUT2D eigenvalue weighted by Crippen LogP contribution is -2.46. The number of nitrogen functional groups attached to an aromatic ring is 1. The first kappa shape index (κ1) is 17.9. The standard InChI is InChI=1S/C17H19N3O3.ClH/c18-13-5-3-12(4-6-13)16(21)19-14-7-9-20(10-8-14)17(22)15-2-1-11-23-15;/h1-6,11,14H,7-10,18H2,(H,19,21);1H. The van der Waals surface area contributed by atoms with Crippen LogP contribution in [0.1, 0.15) is 33.8 Å². The number of halogens is 1. The van der Waals surface area contributed by atoms with Crippen molar-refractivity contribution in [1.29, 1.82) is 0 Å². The lowest BCUT2D eigenvalue weighted by molar-refractivity contribution is 0.0667. The van der Waals surface area contributed by atoms with E-state index >= 15 is 0 Å². The van der Waals surface area contributed by atoms with Crippen LogP contribution in [-0.4, -0.2) is 35.8 Å². The average molecular weight is 350 g/mol. The number of benzene rings is 1. The van der Waals surface area contributed by atoms with E-state index in [1.807, 2.05) is 0 Å². The first-order valence-corrected chi connectivity index (χ1v) is 7.62. The van der Waals surface area contributed by atoms with Gasteiger partial charge >= 0.3 is 0 Å². The molecule has 0 unspecified atom stereocenters. The number of carbonyl (C=O) groups is 2. The van der Waals surface area contributed by atoms with E-state index in [0.29, 0.717) is 30.1 Å². The Balaban J connectivity index is 0.00000208. The van der Waals surface area contributed by atoms with Crippen molar-refractivity contribution in [2.45, 2.75) is 18.9 Å². The van der Waals surface area contributed by atoms with Gasteiger partial charge in [-0.2, -0.15) is 0 Å². The highest BCUT2D eigenvalue weighted by molar-refractivity contribution is 5.94. The van der Waals surface area contributed by atoms with Crippen molar-refractivity contribution in [3.8, 4) is 0 Å². The van der Waals surface area contributed by atoms with Crippen molar-refractivity contribution in [2.75, 3.05) is 18.8 Å². The summed E-state index contributed by atoms with van der Waals surface area (Å²) in [5, 5.41) is 3.01. The summed E-state index contributed by atoms with van der Waals surface area (Å²) in [6.07, 6.45) is 2.95. The molecule has 1 saturated heterocycles. The van der Waals surface area contributed by atoms with E-state index in [1.165, 1.54) is 6.26 Å². The number of piperidine rings is 1. The van der Waals surface area contributed by atoms with E-state index in [0.717, 1.165) is 12.8 Å². The largest absolute Gasteiger partial charge is 0.459 e. The highest BCUT2D eigenvalue weighted by Gasteiger charge is 2.25. The number of furan rings is 1. The number of hydrogen-bond acceptors (Lipinski definition) is 4. The molecule has 3 N–H and O–H groups in total. The first-order chi connectivity index (χ1) is 11.1. The summed E-state index contributed by atoms with van der Waals surface area (Å²) < 4.78 is 5.14. The van der Waals surface area contributed by atoms with Crippen LogP contribution in [0.4, 0.5) is 5.69 Å². The number of nitrogens with one attached hydrogen (secondary N) is 1. The molecule has 0 bridgehead atoms. The summed E-state index contributed by atoms with van der Waals surface area (Å²) in [5.74, 6) is 0.147. The molecule has 0 saturated carbocycles. The maximum atomic E-state index is 12.2. The maximum Gasteiger partial charge on any atom is 0.289 e. The fraction of sp³-hybridized carbons (Fsp3) is 0.294. The van der Waals surface area contributed by atoms with Crippen LogP contribution in [-0.2, 0) is 0 Å². The molecule has 1 aliphatic heterocycles. The van der Waals surface area contributed by atoms with Crippen molar-refractivity contribution < 1.29 is 14.0 Å². The number of likely N-dealkylation sites (tertiary alicyclic amines) is 1. The Morgan fingerprint density at radius 2 is 1.79 bits per heavy atom. The van der Waals surface area contributed by atoms with Gasteiger partial charge in [0, 0.05) is 30.4 Å². The molecule has 1 aliphatic rings. The van der Waals surface area contributed by atoms with E-state index in [9.17, 15) is 9.59 Å². The monoisotopic (exact) mass is 349 g/mol. The molecular formula is C17H20ClN3O3. The molecule has 24 heavy (non-hydrogen) atoms. The zero-order chi connectivity index (χ0) is 16.2. The van der Waals surface area contributed by atoms with Crippen LogP contribution in [0.15, 0.2) is 47.1 Å². The molecule has 1 aromatic carbocycles. The summed E-state index contributed by atoms with van der Waals surface area (Å²) in [6.45, 7) is 1.21. The zero-order valence-corrected chi connectivity index (χ0v) is 13.9. The van der Waals surface area contributed by atoms with Gasteiger partial charge in [-0.3, -0.25) is 9.59 Å². The number of hydrogen-bond donors (Lipinski definition) is 2. The van der Waals surface area contributed by atoms with Crippen LogP contribution >= 0.6 is 12.4 Å². The Morgan fingerprint density at radius 1 is 1.12 bits per heavy atom. The Hall–Kier alpha value is -2.47. The quantitative estimate of drug-likeness (QED) is 0.832. The van der Waals surface area contributed by atoms with Gasteiger partial charge in [0.15, 0.2) is 5.76 Å². The molecule has 128 valence electrons. The van der Waals surface area contributed by atoms with E-state index in [4.69, 9.17) is 10.2 Å². The molecule has 2 amide bonds. The predicted octanol–water partition coefficient (Wildman–Crippen LogP) is 2.32. The lowest BCUT2D eigenvalue weighted by atomic mass is 10.0. The highest BCUT2D eigenvalue weighted by Crippen LogP contribution is 2.15. The fourth-order valence-corrected chi connectivity index (χ4v) is 2.69. The molecule has 0 aliphatic carbocycles. The van der Waals surface area contributed by atoms with Crippen LogP contribution in [0.5, 0.6) is 0 Å². The van der Waals surface area contributed by atoms with Gasteiger partial charge in [0.25, 0.3) is 11.8 Å². The molecule has 2 heterocycles. The molecule has 2 aromatic rings. The molecule has 1 fully saturated rings. The van der Waals surface area contributed by atoms with Crippen molar-refractivity contribution in [2.24, 2.45) is 0 Å². The predicted molar refractivity (Wildman–Crippen MR) is 93.2 cm³/mol. The van der Waals surface area contributed by atoms with E-state index in [-0.39, 0.29) is 30.3 Å². The van der Waals surface area contributed by atoms with Gasteiger partial charge < -0.3 is 20.4 Å². The SMILES string of the molecule is Cl.Nc1ccc(C(=O)NC2CCN(C(=O)c3ccco3)CC2)cc1. The molecule has 0 spiro atoms. The van der Waals surface area contributed by atoms with Crippen LogP contribution in [0.3, 0.4) is 0 Å². The molecule has 7 heteroatoms. The minimum absolute atomic E-state index is 0. The van der Waals surface area contributed by atoms with Gasteiger partial charge in [-0.1, -0.05) is 0 Å². The van der Waals surface area contributed by atoms with E-state index < -0.39 is 0 Å². The van der Waals surface area contributed by atoms with Crippen molar-refractivity contribution in [3.05, 3.63) is 54.0 Å². The zero-order valence-electron chi connectivity index (χ0n) is 13.1. The summed E-state index contributed by atoms with van der Waals surface area (Å²) in [4.78, 5) is 26.1. The highest BCUT2D eigenvalue weighted by atomic mass is 35.5. The van der Waals surface area contributed by atoms with Crippen molar-refractivity contribution in [1.82, 2.24) is 10.2 Å². The Kier molecular flexibility index (Phi) is 5.87. The molecule has 3 rings (SSSR count). The Labute approximate surface area is 146 Å². The summed E-state index contributed by atoms with van der Waals surface area (Å²) in [6, 6.07) is 10.3. The number of nitrogens with zero attached hydrogens (tertiary/aromatic N) is 1. The molecular weight excluding hydrogens is 330 g/mol. The smallest absolute Gasteiger partial charge is 0.289 e. The maximum absolute atomic E-state index is 12.2. The lowest BCUT2D eigenvalue weighted by Gasteiger charge is -2.31. The normalized spacial score (nSPS) is 14.8. The number of nitrogens with two attached hydrogens (primary N) is 1. The van der Waals surface area contributed by atoms with Gasteiger partial charge in [0.1, 0.15) is 0 Å². The number of rotatable bonds is 3. The Bertz CT molecular complexity index is 678. The fourth-order valence-electron chi connectivity index (χ4n) is 2.69. The first-order valence-electron chi connectivity index (χ1n) is 7.62. The molecule has 6 nitrogen and oxygen atoms in total. The van der Waals surface area contributed by atoms with Gasteiger partial charge in [-0.15, -0.1) is 12.4 Å². The third-order valence-electron chi connectivity index (χ3n) is 4.02. The van der Waals surface area contributed by atoms with Crippen molar-refractivity contribution in [3.63, 3.8) is 0 Å². The van der Waals surface area contributed by atoms with Crippen LogP contribution in [0.25, 0.3) is 0 Å². The van der Waals surface area contributed by atoms with Gasteiger partial charge in [0.05, 0.1) is 6.26 Å². The second kappa shape index (κ2) is 7.88. The summed E-state index contributed by atoms with van der Waals surface area (Å²) in [5.41, 5.74) is 6.84. The topological polar surface area (TPSA) is 88.6 Å². The van der Waals surface area contributed by atoms with Crippen LogP contribution < -0.4 is 11.1 Å². The number of carbonyl (C=O) groups excluding carboxylic acids is 2. The van der Waals surface area contributed by atoms with Gasteiger partial charge in [0.2, 0.25) is 0 Å². The van der Waals surface area contributed by atoms with E-state index in [1.54, 1.807) is 41.3 Å². The summed E-state index contributed by atoms with van der Waals surface area (Å²) in [7, 11) is 0. The number of anilines is 1. The number of amides is 2. The molecule has 0 atom stereocenters. The van der Waals surface area contributed by atoms with Crippen LogP contribution in [0.2, 0.25) is 0 Å². The molecule has 1 aromatic heterocycles. The second-order valence-electron chi connectivity index (χ2n) is 5.64. The van der Waals surface area contributed by atoms with Crippen LogP contribution in [0, 0.1) is 0 Å². The third-order valence-corrected chi connectivity index (χ3v) is 4.02. The third kappa shape index (κ3) is 4.08. The average Bonchev–Trinajstić information content (AvgIpc) is 3.10. The second-order valence-corrected chi connectivity index (χ2v) is 5.64. The minimum atomic E-state index is -0.110. The van der Waals surface area contributed by atoms with Crippen molar-refractivity contribution >= 4 is 29.9 Å². The van der Waals surface area contributed by atoms with E-state index in [2.05, 4.69) is 5.32 Å². The van der Waals surface area contributed by atoms with Gasteiger partial charge in [-0.25, -0.2) is 0 Å². The van der Waals surface area contributed by atoms with Gasteiger partial charge in [-0.05, 0) is 49.2 Å². The minimum Gasteiger partial charge on any atom is -0.459 e. The Morgan fingerprint density at radius 3 is 2.38 bits per heavy atom. The molecule has 0 radical (unpaired) electrons.